The molecule has 1 fully saturated rings. The van der Waals surface area contributed by atoms with Gasteiger partial charge in [-0.05, 0) is 37.3 Å². The quantitative estimate of drug-likeness (QED) is 0.297. The molecule has 14 heteroatoms. The van der Waals surface area contributed by atoms with Gasteiger partial charge in [-0.1, -0.05) is 22.9 Å². The Balaban J connectivity index is 1.36. The molecule has 5 atom stereocenters. The molecule has 1 saturated heterocycles. The first-order valence-corrected chi connectivity index (χ1v) is 12.8. The highest BCUT2D eigenvalue weighted by molar-refractivity contribution is 7.18. The monoisotopic (exact) mass is 557 g/mol. The van der Waals surface area contributed by atoms with E-state index in [0.29, 0.717) is 11.3 Å². The number of aliphatic hydroxyl groups is 3. The lowest BCUT2D eigenvalue weighted by atomic mass is 9.92. The second-order valence-electron chi connectivity index (χ2n) is 8.91. The Morgan fingerprint density at radius 1 is 1.13 bits per heavy atom. The van der Waals surface area contributed by atoms with Gasteiger partial charge in [0.05, 0.1) is 33.1 Å². The van der Waals surface area contributed by atoms with Crippen molar-refractivity contribution in [2.24, 2.45) is 0 Å². The van der Waals surface area contributed by atoms with Crippen LogP contribution in [0.2, 0.25) is 5.02 Å². The SMILES string of the molecule is Cc1nc2ccc(-n3cnnc3[C@@H]3O[C@H](CO)[C@H](O)[C@H](n4cc(-c5ccc(Cl)c(F)c5)nn4)[C@H]3O)cc2s1. The van der Waals surface area contributed by atoms with E-state index in [1.165, 1.54) is 29.3 Å². The van der Waals surface area contributed by atoms with Crippen LogP contribution in [0.4, 0.5) is 4.39 Å². The van der Waals surface area contributed by atoms with Crippen molar-refractivity contribution in [1.82, 2.24) is 34.7 Å². The number of aliphatic hydroxyl groups excluding tert-OH is 3. The van der Waals surface area contributed by atoms with Gasteiger partial charge in [0.1, 0.15) is 48.3 Å². The zero-order chi connectivity index (χ0) is 26.6. The summed E-state index contributed by atoms with van der Waals surface area (Å²) in [6, 6.07) is 8.81. The number of aryl methyl sites for hydroxylation is 1. The number of ether oxygens (including phenoxy) is 1. The van der Waals surface area contributed by atoms with Crippen molar-refractivity contribution >= 4 is 33.2 Å². The van der Waals surface area contributed by atoms with E-state index in [0.717, 1.165) is 20.9 Å². The Hall–Kier alpha value is -3.33. The Morgan fingerprint density at radius 2 is 1.97 bits per heavy atom. The lowest BCUT2D eigenvalue weighted by Gasteiger charge is -2.41. The van der Waals surface area contributed by atoms with Gasteiger partial charge in [0, 0.05) is 11.3 Å². The fourth-order valence-electron chi connectivity index (χ4n) is 4.65. The van der Waals surface area contributed by atoms with Crippen molar-refractivity contribution in [3.8, 4) is 16.9 Å². The third-order valence-corrected chi connectivity index (χ3v) is 7.75. The minimum absolute atomic E-state index is 0.0289. The number of hydrogen-bond donors (Lipinski definition) is 3. The van der Waals surface area contributed by atoms with Gasteiger partial charge in [0.2, 0.25) is 0 Å². The molecule has 11 nitrogen and oxygen atoms in total. The predicted molar refractivity (Wildman–Crippen MR) is 135 cm³/mol. The first-order valence-electron chi connectivity index (χ1n) is 11.6. The van der Waals surface area contributed by atoms with E-state index in [1.54, 1.807) is 22.0 Å². The summed E-state index contributed by atoms with van der Waals surface area (Å²) in [5, 5.41) is 49.6. The zero-order valence-electron chi connectivity index (χ0n) is 19.8. The van der Waals surface area contributed by atoms with Crippen molar-refractivity contribution in [2.45, 2.75) is 37.4 Å². The van der Waals surface area contributed by atoms with Crippen molar-refractivity contribution < 1.29 is 24.4 Å². The number of nitrogens with zero attached hydrogens (tertiary/aromatic N) is 7. The van der Waals surface area contributed by atoms with E-state index in [-0.39, 0.29) is 10.8 Å². The molecular formula is C24H21ClFN7O4S. The first kappa shape index (κ1) is 25.0. The lowest BCUT2D eigenvalue weighted by molar-refractivity contribution is -0.210. The third kappa shape index (κ3) is 4.26. The summed E-state index contributed by atoms with van der Waals surface area (Å²) in [6.07, 6.45) is -1.87. The normalized spacial score (nSPS) is 23.8. The van der Waals surface area contributed by atoms with Crippen LogP contribution in [0.5, 0.6) is 0 Å². The van der Waals surface area contributed by atoms with E-state index in [9.17, 15) is 19.7 Å². The number of hydrogen-bond acceptors (Lipinski definition) is 10. The second-order valence-corrected chi connectivity index (χ2v) is 10.5. The van der Waals surface area contributed by atoms with Gasteiger partial charge >= 0.3 is 0 Å². The number of aromatic nitrogens is 7. The molecule has 4 heterocycles. The summed E-state index contributed by atoms with van der Waals surface area (Å²) >= 11 is 7.33. The van der Waals surface area contributed by atoms with E-state index in [1.807, 2.05) is 25.1 Å². The Kier molecular flexibility index (Phi) is 6.42. The van der Waals surface area contributed by atoms with Crippen molar-refractivity contribution in [1.29, 1.82) is 0 Å². The summed E-state index contributed by atoms with van der Waals surface area (Å²) in [7, 11) is 0. The maximum absolute atomic E-state index is 14.0. The zero-order valence-corrected chi connectivity index (χ0v) is 21.3. The number of rotatable bonds is 5. The van der Waals surface area contributed by atoms with Gasteiger partial charge in [-0.25, -0.2) is 14.1 Å². The lowest BCUT2D eigenvalue weighted by Crippen LogP contribution is -2.53. The summed E-state index contributed by atoms with van der Waals surface area (Å²) in [4.78, 5) is 4.48. The second kappa shape index (κ2) is 9.76. The van der Waals surface area contributed by atoms with Crippen molar-refractivity contribution in [3.63, 3.8) is 0 Å². The Morgan fingerprint density at radius 3 is 2.76 bits per heavy atom. The minimum atomic E-state index is -1.36. The third-order valence-electron chi connectivity index (χ3n) is 6.51. The topological polar surface area (TPSA) is 144 Å². The Labute approximate surface area is 223 Å². The summed E-state index contributed by atoms with van der Waals surface area (Å²) in [5.74, 6) is -0.343. The predicted octanol–water partition coefficient (Wildman–Crippen LogP) is 2.63. The van der Waals surface area contributed by atoms with Crippen LogP contribution in [0.15, 0.2) is 48.9 Å². The number of benzene rings is 2. The van der Waals surface area contributed by atoms with E-state index >= 15 is 0 Å². The highest BCUT2D eigenvalue weighted by Crippen LogP contribution is 2.38. The highest BCUT2D eigenvalue weighted by Gasteiger charge is 2.48. The van der Waals surface area contributed by atoms with Gasteiger partial charge in [0.25, 0.3) is 0 Å². The molecule has 0 radical (unpaired) electrons. The molecule has 0 spiro atoms. The maximum atomic E-state index is 14.0. The molecule has 3 N–H and O–H groups in total. The molecule has 1 aliphatic heterocycles. The van der Waals surface area contributed by atoms with Gasteiger partial charge in [-0.3, -0.25) is 4.57 Å². The molecule has 5 aromatic rings. The van der Waals surface area contributed by atoms with Gasteiger partial charge < -0.3 is 20.1 Å². The molecule has 196 valence electrons. The summed E-state index contributed by atoms with van der Waals surface area (Å²) in [6.45, 7) is 1.41. The van der Waals surface area contributed by atoms with Crippen LogP contribution in [0.25, 0.3) is 27.2 Å². The minimum Gasteiger partial charge on any atom is -0.394 e. The molecule has 0 unspecified atom stereocenters. The summed E-state index contributed by atoms with van der Waals surface area (Å²) < 4.78 is 23.8. The molecule has 0 saturated carbocycles. The largest absolute Gasteiger partial charge is 0.394 e. The molecule has 38 heavy (non-hydrogen) atoms. The van der Waals surface area contributed by atoms with Crippen LogP contribution >= 0.6 is 22.9 Å². The fraction of sp³-hybridized carbons (Fsp3) is 0.292. The molecule has 3 aromatic heterocycles. The van der Waals surface area contributed by atoms with E-state index in [4.69, 9.17) is 16.3 Å². The highest BCUT2D eigenvalue weighted by atomic mass is 35.5. The Bertz CT molecular complexity index is 1620. The molecule has 0 amide bonds. The van der Waals surface area contributed by atoms with Crippen LogP contribution in [-0.4, -0.2) is 75.0 Å². The van der Waals surface area contributed by atoms with Gasteiger partial charge in [-0.2, -0.15) is 0 Å². The van der Waals surface area contributed by atoms with Crippen molar-refractivity contribution in [3.05, 3.63) is 70.6 Å². The van der Waals surface area contributed by atoms with E-state index < -0.39 is 42.9 Å². The maximum Gasteiger partial charge on any atom is 0.169 e. The first-order chi connectivity index (χ1) is 18.3. The number of thiazole rings is 1. The molecule has 0 aliphatic carbocycles. The standard InChI is InChI=1S/C24H21ClFN7O4S/c1-11-28-16-5-3-13(7-19(16)38-11)32-10-27-30-24(32)23-22(36)20(21(35)18(9-34)37-23)33-8-17(29-31-33)12-2-4-14(25)15(26)6-12/h2-8,10,18,20-23,34-36H,9H2,1H3/t18-,20+,21+,22-,23-/m1/s1. The number of fused-ring (bicyclic) bond motifs is 1. The van der Waals surface area contributed by atoms with Crippen LogP contribution < -0.4 is 0 Å². The fourth-order valence-corrected chi connectivity index (χ4v) is 5.63. The molecule has 0 bridgehead atoms. The molecule has 6 rings (SSSR count). The van der Waals surface area contributed by atoms with Gasteiger partial charge in [0.15, 0.2) is 5.82 Å². The van der Waals surface area contributed by atoms with Crippen LogP contribution in [0, 0.1) is 12.7 Å². The average molecular weight is 558 g/mol. The average Bonchev–Trinajstić information content (AvgIpc) is 3.65. The summed E-state index contributed by atoms with van der Waals surface area (Å²) in [5.41, 5.74) is 2.32. The molecule has 1 aliphatic rings. The van der Waals surface area contributed by atoms with Crippen molar-refractivity contribution in [2.75, 3.05) is 6.61 Å². The van der Waals surface area contributed by atoms with Gasteiger partial charge in [-0.15, -0.1) is 26.6 Å². The molecule has 2 aromatic carbocycles. The van der Waals surface area contributed by atoms with Crippen LogP contribution in [-0.2, 0) is 4.74 Å². The number of halogens is 2. The van der Waals surface area contributed by atoms with Crippen LogP contribution in [0.3, 0.4) is 0 Å². The smallest absolute Gasteiger partial charge is 0.169 e. The van der Waals surface area contributed by atoms with Crippen LogP contribution in [0.1, 0.15) is 23.0 Å². The van der Waals surface area contributed by atoms with E-state index in [2.05, 4.69) is 25.5 Å². The molecular weight excluding hydrogens is 537 g/mol.